The number of hydrogen-bond donors (Lipinski definition) is 1. The number of nitrogens with one attached hydrogen (secondary N) is 1. The van der Waals surface area contributed by atoms with Gasteiger partial charge >= 0.3 is 0 Å². The minimum absolute atomic E-state index is 0.278. The van der Waals surface area contributed by atoms with Crippen LogP contribution in [-0.2, 0) is 16.9 Å². The fraction of sp³-hybridized carbons (Fsp3) is 0.278. The summed E-state index contributed by atoms with van der Waals surface area (Å²) >= 11 is 5.97. The lowest BCUT2D eigenvalue weighted by Crippen LogP contribution is -2.45. The van der Waals surface area contributed by atoms with Crippen LogP contribution < -0.4 is 5.32 Å². The van der Waals surface area contributed by atoms with Crippen LogP contribution >= 0.6 is 11.6 Å². The summed E-state index contributed by atoms with van der Waals surface area (Å²) in [6, 6.07) is 17.8. The lowest BCUT2D eigenvalue weighted by Gasteiger charge is -2.29. The van der Waals surface area contributed by atoms with E-state index < -0.39 is 5.54 Å². The van der Waals surface area contributed by atoms with Crippen LogP contribution in [0.2, 0.25) is 5.02 Å². The maximum atomic E-state index is 12.5. The van der Waals surface area contributed by atoms with E-state index in [9.17, 15) is 4.79 Å². The van der Waals surface area contributed by atoms with Gasteiger partial charge in [-0.25, -0.2) is 0 Å². The predicted molar refractivity (Wildman–Crippen MR) is 85.3 cm³/mol. The molecular weight excluding hydrogens is 282 g/mol. The second-order valence-corrected chi connectivity index (χ2v) is 5.96. The van der Waals surface area contributed by atoms with E-state index in [1.54, 1.807) is 0 Å². The Bertz CT molecular complexity index is 623. The lowest BCUT2D eigenvalue weighted by atomic mass is 9.87. The van der Waals surface area contributed by atoms with E-state index in [4.69, 9.17) is 11.6 Å². The molecule has 21 heavy (non-hydrogen) atoms. The van der Waals surface area contributed by atoms with Crippen molar-refractivity contribution in [3.05, 3.63) is 70.7 Å². The maximum absolute atomic E-state index is 12.5. The largest absolute Gasteiger partial charge is 0.297 e. The lowest BCUT2D eigenvalue weighted by molar-refractivity contribution is -0.123. The van der Waals surface area contributed by atoms with Crippen LogP contribution in [0.3, 0.4) is 0 Å². The van der Waals surface area contributed by atoms with Crippen LogP contribution in [0, 0.1) is 0 Å². The van der Waals surface area contributed by atoms with E-state index in [2.05, 4.69) is 17.4 Å². The van der Waals surface area contributed by atoms with Gasteiger partial charge in [-0.2, -0.15) is 0 Å². The molecule has 0 spiro atoms. The number of halogens is 1. The summed E-state index contributed by atoms with van der Waals surface area (Å²) in [4.78, 5) is 12.5. The molecule has 0 amide bonds. The van der Waals surface area contributed by atoms with Gasteiger partial charge in [-0.15, -0.1) is 0 Å². The number of rotatable bonds is 4. The van der Waals surface area contributed by atoms with Gasteiger partial charge in [-0.1, -0.05) is 54.1 Å². The number of ketones is 1. The zero-order valence-corrected chi connectivity index (χ0v) is 12.6. The van der Waals surface area contributed by atoms with Crippen molar-refractivity contribution in [3.8, 4) is 0 Å². The minimum atomic E-state index is -0.555. The number of Topliss-reactive ketones (excluding diaryl/α,β-unsaturated/α-hetero) is 1. The van der Waals surface area contributed by atoms with E-state index in [0.717, 1.165) is 18.4 Å². The Kier molecular flexibility index (Phi) is 4.09. The zero-order chi connectivity index (χ0) is 14.7. The summed E-state index contributed by atoms with van der Waals surface area (Å²) in [6.07, 6.45) is 2.42. The molecule has 0 radical (unpaired) electrons. The first-order valence-corrected chi connectivity index (χ1v) is 7.67. The molecule has 1 unspecified atom stereocenters. The van der Waals surface area contributed by atoms with Crippen molar-refractivity contribution >= 4 is 17.4 Å². The van der Waals surface area contributed by atoms with Gasteiger partial charge in [0.1, 0.15) is 5.54 Å². The third-order valence-electron chi connectivity index (χ3n) is 4.21. The van der Waals surface area contributed by atoms with Gasteiger partial charge in [-0.3, -0.25) is 10.1 Å². The van der Waals surface area contributed by atoms with Crippen molar-refractivity contribution in [2.24, 2.45) is 0 Å². The van der Waals surface area contributed by atoms with Gasteiger partial charge in [0.15, 0.2) is 5.78 Å². The van der Waals surface area contributed by atoms with Crippen LogP contribution in [0.25, 0.3) is 0 Å². The Morgan fingerprint density at radius 3 is 2.38 bits per heavy atom. The Labute approximate surface area is 130 Å². The summed E-state index contributed by atoms with van der Waals surface area (Å²) < 4.78 is 0. The minimum Gasteiger partial charge on any atom is -0.297 e. The topological polar surface area (TPSA) is 29.1 Å². The number of carbonyl (C=O) groups excluding carboxylic acids is 1. The van der Waals surface area contributed by atoms with E-state index in [1.165, 1.54) is 5.56 Å². The average Bonchev–Trinajstić information content (AvgIpc) is 2.89. The predicted octanol–water partition coefficient (Wildman–Crippen LogP) is 4.08. The van der Waals surface area contributed by atoms with E-state index >= 15 is 0 Å². The molecule has 0 aromatic heterocycles. The fourth-order valence-electron chi connectivity index (χ4n) is 3.04. The first kappa shape index (κ1) is 14.3. The number of hydrogen-bond acceptors (Lipinski definition) is 2. The summed E-state index contributed by atoms with van der Waals surface area (Å²) in [5.41, 5.74) is 1.65. The van der Waals surface area contributed by atoms with Crippen LogP contribution in [0.4, 0.5) is 0 Å². The average molecular weight is 300 g/mol. The molecule has 1 aliphatic carbocycles. The van der Waals surface area contributed by atoms with Gasteiger partial charge in [0.2, 0.25) is 0 Å². The highest BCUT2D eigenvalue weighted by Crippen LogP contribution is 2.36. The van der Waals surface area contributed by atoms with Crippen LogP contribution in [0.1, 0.15) is 30.4 Å². The molecule has 1 N–H and O–H groups in total. The van der Waals surface area contributed by atoms with E-state index in [-0.39, 0.29) is 5.78 Å². The zero-order valence-electron chi connectivity index (χ0n) is 11.8. The van der Waals surface area contributed by atoms with E-state index in [1.807, 2.05) is 42.5 Å². The van der Waals surface area contributed by atoms with Crippen molar-refractivity contribution in [1.29, 1.82) is 0 Å². The highest BCUT2D eigenvalue weighted by molar-refractivity contribution is 6.30. The second-order valence-electron chi connectivity index (χ2n) is 5.53. The fourth-order valence-corrected chi connectivity index (χ4v) is 3.17. The summed E-state index contributed by atoms with van der Waals surface area (Å²) in [7, 11) is 0. The second kappa shape index (κ2) is 6.00. The molecule has 3 rings (SSSR count). The molecule has 1 atom stereocenters. The molecule has 0 saturated heterocycles. The molecule has 2 aromatic carbocycles. The van der Waals surface area contributed by atoms with Crippen molar-refractivity contribution in [2.45, 2.75) is 31.3 Å². The third-order valence-corrected chi connectivity index (χ3v) is 4.46. The third kappa shape index (κ3) is 2.87. The van der Waals surface area contributed by atoms with Crippen LogP contribution in [-0.4, -0.2) is 5.78 Å². The monoisotopic (exact) mass is 299 g/mol. The molecule has 3 heteroatoms. The highest BCUT2D eigenvalue weighted by Gasteiger charge is 2.42. The van der Waals surface area contributed by atoms with Crippen LogP contribution in [0.5, 0.6) is 0 Å². The molecule has 1 saturated carbocycles. The van der Waals surface area contributed by atoms with Crippen molar-refractivity contribution in [1.82, 2.24) is 5.32 Å². The normalized spacial score (nSPS) is 21.7. The summed E-state index contributed by atoms with van der Waals surface area (Å²) in [5.74, 6) is 0.278. The molecule has 0 bridgehead atoms. The Balaban J connectivity index is 1.87. The Morgan fingerprint density at radius 2 is 1.76 bits per heavy atom. The molecule has 2 aromatic rings. The van der Waals surface area contributed by atoms with E-state index in [0.29, 0.717) is 18.0 Å². The molecule has 0 heterocycles. The molecular formula is C18H18ClNO. The van der Waals surface area contributed by atoms with Gasteiger partial charge in [-0.05, 0) is 36.1 Å². The maximum Gasteiger partial charge on any atom is 0.157 e. The number of carbonyl (C=O) groups is 1. The van der Waals surface area contributed by atoms with Crippen molar-refractivity contribution in [2.75, 3.05) is 0 Å². The standard InChI is InChI=1S/C18H18ClNO/c19-16-10-8-15(9-11-16)18(12-4-7-17(18)21)20-13-14-5-2-1-3-6-14/h1-3,5-6,8-11,20H,4,7,12-13H2. The molecule has 1 fully saturated rings. The highest BCUT2D eigenvalue weighted by atomic mass is 35.5. The van der Waals surface area contributed by atoms with Gasteiger partial charge in [0.05, 0.1) is 0 Å². The quantitative estimate of drug-likeness (QED) is 0.922. The number of benzene rings is 2. The molecule has 0 aliphatic heterocycles. The molecule has 1 aliphatic rings. The summed E-state index contributed by atoms with van der Waals surface area (Å²) in [5, 5.41) is 4.20. The van der Waals surface area contributed by atoms with Crippen LogP contribution in [0.15, 0.2) is 54.6 Å². The SMILES string of the molecule is O=C1CCCC1(NCc1ccccc1)c1ccc(Cl)cc1. The first-order valence-electron chi connectivity index (χ1n) is 7.29. The van der Waals surface area contributed by atoms with Gasteiger partial charge in [0, 0.05) is 18.0 Å². The Hall–Kier alpha value is -1.64. The Morgan fingerprint density at radius 1 is 1.05 bits per heavy atom. The van der Waals surface area contributed by atoms with Gasteiger partial charge < -0.3 is 0 Å². The molecule has 2 nitrogen and oxygen atoms in total. The molecule has 108 valence electrons. The smallest absolute Gasteiger partial charge is 0.157 e. The summed E-state index contributed by atoms with van der Waals surface area (Å²) in [6.45, 7) is 0.690. The first-order chi connectivity index (χ1) is 10.2. The van der Waals surface area contributed by atoms with Gasteiger partial charge in [0.25, 0.3) is 0 Å². The van der Waals surface area contributed by atoms with Crippen molar-refractivity contribution in [3.63, 3.8) is 0 Å². The van der Waals surface area contributed by atoms with Crippen molar-refractivity contribution < 1.29 is 4.79 Å².